The third kappa shape index (κ3) is 10.5. The zero-order valence-electron chi connectivity index (χ0n) is 9.27. The van der Waals surface area contributed by atoms with Crippen LogP contribution in [0, 0.1) is 20.2 Å². The van der Waals surface area contributed by atoms with Crippen LogP contribution in [0.4, 0.5) is 10.0 Å². The molecule has 15 heteroatoms. The van der Waals surface area contributed by atoms with E-state index in [-0.39, 0.29) is 10.0 Å². The van der Waals surface area contributed by atoms with E-state index in [1.54, 1.807) is 0 Å². The summed E-state index contributed by atoms with van der Waals surface area (Å²) in [7, 11) is 0. The molecule has 0 unspecified atom stereocenters. The second-order valence-electron chi connectivity index (χ2n) is 2.51. The maximum atomic E-state index is 9.99. The van der Waals surface area contributed by atoms with Crippen LogP contribution in [-0.2, 0) is 11.2 Å². The van der Waals surface area contributed by atoms with Gasteiger partial charge in [-0.15, -0.1) is 0 Å². The number of H-pyrrole nitrogens is 1. The maximum absolute atomic E-state index is 9.99. The summed E-state index contributed by atoms with van der Waals surface area (Å²) in [5.74, 6) is 0. The van der Waals surface area contributed by atoms with Gasteiger partial charge in [0.25, 0.3) is 6.20 Å². The molecule has 21 heavy (non-hydrogen) atoms. The van der Waals surface area contributed by atoms with E-state index in [4.69, 9.17) is 0 Å². The summed E-state index contributed by atoms with van der Waals surface area (Å²) in [6.07, 6.45) is 2.56. The van der Waals surface area contributed by atoms with Gasteiger partial charge in [-0.2, -0.15) is 4.98 Å². The molecule has 0 aliphatic carbocycles. The number of halogens is 4. The second kappa shape index (κ2) is 12.6. The molecule has 120 valence electrons. The summed E-state index contributed by atoms with van der Waals surface area (Å²) in [5.41, 5.74) is 0. The summed E-state index contributed by atoms with van der Waals surface area (Å²) in [6, 6.07) is 0. The van der Waals surface area contributed by atoms with Gasteiger partial charge in [-0.1, -0.05) is 0 Å². The van der Waals surface area contributed by atoms with E-state index in [1.807, 2.05) is 0 Å². The van der Waals surface area contributed by atoms with Gasteiger partial charge >= 0.3 is 63.8 Å². The minimum absolute atomic E-state index is 0.0573. The molecular weight excluding hydrogens is 865 g/mol. The predicted molar refractivity (Wildman–Crippen MR) is 99.7 cm³/mol. The van der Waals surface area contributed by atoms with Crippen molar-refractivity contribution in [2.24, 2.45) is 0 Å². The average molecular weight is 868 g/mol. The van der Waals surface area contributed by atoms with Gasteiger partial charge in [0.15, 0.2) is 3.92 Å². The fourth-order valence-corrected chi connectivity index (χ4v) is 2.85. The Morgan fingerprint density at radius 2 is 1.71 bits per heavy atom. The number of aromatic amines is 1. The molecule has 0 saturated heterocycles. The first-order chi connectivity index (χ1) is 9.81. The van der Waals surface area contributed by atoms with Crippen molar-refractivity contribution in [3.8, 4) is 0 Å². The van der Waals surface area contributed by atoms with Crippen LogP contribution in [0.2, 0.25) is 0 Å². The zero-order chi connectivity index (χ0) is 16.4. The van der Waals surface area contributed by atoms with Gasteiger partial charge in [0.05, 0.1) is 9.85 Å². The van der Waals surface area contributed by atoms with Gasteiger partial charge in [0, 0.05) is 27.3 Å². The van der Waals surface area contributed by atoms with Crippen molar-refractivity contribution in [2.45, 2.75) is 0 Å². The zero-order valence-corrected chi connectivity index (χ0v) is 20.7. The first kappa shape index (κ1) is 22.2. The number of nitrogens with zero attached hydrogens (tertiary/aromatic N) is 3. The Hall–Kier alpha value is 1.17. The molecular formula is C6H3Br2I2N4O4PtS2+. The van der Waals surface area contributed by atoms with Crippen molar-refractivity contribution < 1.29 is 26.0 Å². The Kier molecular flexibility index (Phi) is 13.3. The third-order valence-corrected chi connectivity index (χ3v) is 4.24. The number of aromatic nitrogens is 2. The Morgan fingerprint density at radius 1 is 1.19 bits per heavy atom. The molecule has 0 aliphatic heterocycles. The average Bonchev–Trinajstić information content (AvgIpc) is 3.00. The van der Waals surface area contributed by atoms with E-state index >= 15 is 0 Å². The normalized spacial score (nSPS) is 9.14. The predicted octanol–water partition coefficient (Wildman–Crippen LogP) is 4.82. The molecule has 0 radical (unpaired) electrons. The summed E-state index contributed by atoms with van der Waals surface area (Å²) < 4.78 is 1.20. The van der Waals surface area contributed by atoms with Crippen molar-refractivity contribution in [2.75, 3.05) is 0 Å². The SMILES string of the molecule is O=[N+]([O-])c1c[nH+]c(Br)s1.O=[N+]([O-])c1cnc(Br)s1.[I][Pt][I]. The molecule has 0 aliphatic rings. The Bertz CT molecular complexity index is 551. The molecule has 2 heterocycles. The molecule has 0 aromatic carbocycles. The van der Waals surface area contributed by atoms with E-state index in [1.165, 1.54) is 12.4 Å². The fourth-order valence-electron chi connectivity index (χ4n) is 0.689. The van der Waals surface area contributed by atoms with Gasteiger partial charge in [0.2, 0.25) is 0 Å². The van der Waals surface area contributed by atoms with Crippen LogP contribution in [-0.4, -0.2) is 14.8 Å². The van der Waals surface area contributed by atoms with Crippen LogP contribution < -0.4 is 4.98 Å². The van der Waals surface area contributed by atoms with E-state index < -0.39 is 9.85 Å². The molecule has 0 spiro atoms. The molecule has 0 saturated carbocycles. The molecule has 2 aromatic heterocycles. The fraction of sp³-hybridized carbons (Fsp3) is 0. The van der Waals surface area contributed by atoms with Crippen LogP contribution in [0.25, 0.3) is 0 Å². The summed E-state index contributed by atoms with van der Waals surface area (Å²) in [5, 5.41) is 20.1. The molecule has 1 N–H and O–H groups in total. The first-order valence-electron chi connectivity index (χ1n) is 4.21. The molecule has 8 nitrogen and oxygen atoms in total. The minimum atomic E-state index is -0.470. The van der Waals surface area contributed by atoms with Crippen LogP contribution in [0.15, 0.2) is 20.2 Å². The van der Waals surface area contributed by atoms with E-state index in [9.17, 15) is 20.2 Å². The third-order valence-electron chi connectivity index (χ3n) is 1.33. The second-order valence-corrected chi connectivity index (χ2v) is 23.7. The standard InChI is InChI=1S/2C3HBrN2O2S.2HI.Pt/c2*4-3-5-1-2(9-3)6(7)8;;;/h2*1H;2*1H;/q;;;;+2/p-1. The number of hydrogen-bond donors (Lipinski definition) is 0. The van der Waals surface area contributed by atoms with Gasteiger partial charge in [-0.25, -0.2) is 4.98 Å². The van der Waals surface area contributed by atoms with Crippen LogP contribution in [0.3, 0.4) is 0 Å². The molecule has 0 fully saturated rings. The van der Waals surface area contributed by atoms with Gasteiger partial charge in [-0.3, -0.25) is 20.2 Å². The number of nitrogens with one attached hydrogen (secondary N) is 1. The number of rotatable bonds is 2. The van der Waals surface area contributed by atoms with E-state index in [0.717, 1.165) is 22.7 Å². The molecule has 0 bridgehead atoms. The number of nitro groups is 2. The first-order valence-corrected chi connectivity index (χ1v) is 20.3. The van der Waals surface area contributed by atoms with Gasteiger partial charge < -0.3 is 0 Å². The summed E-state index contributed by atoms with van der Waals surface area (Å²) >= 11 is 13.4. The Morgan fingerprint density at radius 3 is 1.90 bits per heavy atom. The van der Waals surface area contributed by atoms with Crippen molar-refractivity contribution in [1.82, 2.24) is 4.98 Å². The van der Waals surface area contributed by atoms with Gasteiger partial charge in [0.1, 0.15) is 6.20 Å². The monoisotopic (exact) mass is 866 g/mol. The number of hydrogen-bond acceptors (Lipinski definition) is 7. The Labute approximate surface area is 172 Å². The van der Waals surface area contributed by atoms with E-state index in [2.05, 4.69) is 80.5 Å². The van der Waals surface area contributed by atoms with Crippen molar-refractivity contribution in [1.29, 1.82) is 0 Å². The molecule has 2 aromatic rings. The van der Waals surface area contributed by atoms with Crippen LogP contribution in [0.1, 0.15) is 0 Å². The van der Waals surface area contributed by atoms with Crippen LogP contribution >= 0.6 is 93.2 Å². The topological polar surface area (TPSA) is 113 Å². The molecule has 0 atom stereocenters. The van der Waals surface area contributed by atoms with Crippen molar-refractivity contribution in [3.05, 3.63) is 40.5 Å². The van der Waals surface area contributed by atoms with Crippen molar-refractivity contribution >= 4 is 103 Å². The summed E-state index contributed by atoms with van der Waals surface area (Å²) in [4.78, 5) is 25.3. The van der Waals surface area contributed by atoms with E-state index in [0.29, 0.717) is 19.0 Å². The Balaban J connectivity index is 0.000000322. The quantitative estimate of drug-likeness (QED) is 0.245. The van der Waals surface area contributed by atoms with Crippen molar-refractivity contribution in [3.63, 3.8) is 0 Å². The van der Waals surface area contributed by atoms with Gasteiger partial charge in [-0.05, 0) is 27.3 Å². The van der Waals surface area contributed by atoms with Crippen LogP contribution in [0.5, 0.6) is 0 Å². The number of thiazole rings is 2. The summed E-state index contributed by atoms with van der Waals surface area (Å²) in [6.45, 7) is 0. The molecule has 0 amide bonds. The molecule has 2 rings (SSSR count).